The minimum Gasteiger partial charge on any atom is -0.454 e. The molecule has 4 rings (SSSR count). The van der Waals surface area contributed by atoms with E-state index in [0.29, 0.717) is 41.2 Å². The number of nitrogens with zero attached hydrogens (tertiary/aromatic N) is 2. The van der Waals surface area contributed by atoms with Crippen molar-refractivity contribution in [2.45, 2.75) is 16.5 Å². The highest BCUT2D eigenvalue weighted by Gasteiger charge is 2.19. The fourth-order valence-corrected chi connectivity index (χ4v) is 5.31. The van der Waals surface area contributed by atoms with Gasteiger partial charge in [-0.25, -0.2) is 4.68 Å². The van der Waals surface area contributed by atoms with Gasteiger partial charge in [0.05, 0.1) is 21.0 Å². The van der Waals surface area contributed by atoms with Gasteiger partial charge >= 0.3 is 0 Å². The van der Waals surface area contributed by atoms with Crippen LogP contribution >= 0.6 is 58.5 Å². The lowest BCUT2D eigenvalue weighted by Crippen LogP contribution is -2.22. The van der Waals surface area contributed by atoms with E-state index in [1.54, 1.807) is 48.0 Å². The molecule has 6 nitrogen and oxygen atoms in total. The van der Waals surface area contributed by atoms with E-state index in [9.17, 15) is 4.79 Å². The number of benzene rings is 2. The highest BCUT2D eigenvalue weighted by Crippen LogP contribution is 2.35. The Hall–Kier alpha value is -1.78. The molecule has 1 unspecified atom stereocenters. The van der Waals surface area contributed by atoms with Crippen LogP contribution < -0.4 is 14.8 Å². The maximum absolute atomic E-state index is 12.6. The van der Waals surface area contributed by atoms with Crippen LogP contribution in [0.5, 0.6) is 11.5 Å². The van der Waals surface area contributed by atoms with E-state index in [4.69, 9.17) is 44.9 Å². The molecule has 0 saturated carbocycles. The summed E-state index contributed by atoms with van der Waals surface area (Å²) in [6.45, 7) is 1.99. The Kier molecular flexibility index (Phi) is 6.03. The van der Waals surface area contributed by atoms with Crippen LogP contribution in [-0.2, 0) is 4.79 Å². The van der Waals surface area contributed by atoms with Crippen molar-refractivity contribution in [3.63, 3.8) is 0 Å². The molecular formula is C18H13Cl2N3O3S3. The molecule has 1 amide bonds. The summed E-state index contributed by atoms with van der Waals surface area (Å²) in [5.74, 6) is 1.12. The van der Waals surface area contributed by atoms with E-state index < -0.39 is 0 Å². The van der Waals surface area contributed by atoms with E-state index in [1.807, 2.05) is 0 Å². The minimum absolute atomic E-state index is 0.156. The van der Waals surface area contributed by atoms with Crippen molar-refractivity contribution < 1.29 is 14.3 Å². The van der Waals surface area contributed by atoms with E-state index >= 15 is 0 Å². The summed E-state index contributed by atoms with van der Waals surface area (Å²) in [5.41, 5.74) is 1.35. The van der Waals surface area contributed by atoms with Crippen LogP contribution in [0, 0.1) is 3.95 Å². The van der Waals surface area contributed by atoms with E-state index in [1.165, 1.54) is 23.1 Å². The normalized spacial score (nSPS) is 13.3. The lowest BCUT2D eigenvalue weighted by atomic mass is 10.2. The number of carbonyl (C=O) groups is 1. The maximum atomic E-state index is 12.6. The molecule has 1 aliphatic rings. The number of amides is 1. The third-order valence-electron chi connectivity index (χ3n) is 3.96. The third-order valence-corrected chi connectivity index (χ3v) is 7.12. The number of aromatic nitrogens is 2. The van der Waals surface area contributed by atoms with Crippen molar-refractivity contribution in [2.75, 3.05) is 12.1 Å². The second-order valence-corrected chi connectivity index (χ2v) is 9.99. The zero-order valence-corrected chi connectivity index (χ0v) is 18.8. The maximum Gasteiger partial charge on any atom is 0.237 e. The van der Waals surface area contributed by atoms with Crippen molar-refractivity contribution in [1.29, 1.82) is 0 Å². The number of rotatable bonds is 5. The Bertz CT molecular complexity index is 1150. The number of halogens is 2. The van der Waals surface area contributed by atoms with Gasteiger partial charge in [0, 0.05) is 11.8 Å². The SMILES string of the molecule is CC(Sc1nn(-c2ccc(Cl)c(Cl)c2)c(=S)s1)C(=O)Nc1ccc2c(c1)OCO2. The second-order valence-electron chi connectivity index (χ2n) is 5.96. The first kappa shape index (κ1) is 20.5. The van der Waals surface area contributed by atoms with Crippen molar-refractivity contribution >= 4 is 70.1 Å². The number of fused-ring (bicyclic) bond motifs is 1. The van der Waals surface area contributed by atoms with Crippen LogP contribution in [0.15, 0.2) is 40.7 Å². The van der Waals surface area contributed by atoms with Gasteiger partial charge in [-0.3, -0.25) is 4.79 Å². The smallest absolute Gasteiger partial charge is 0.237 e. The molecule has 11 heteroatoms. The van der Waals surface area contributed by atoms with Gasteiger partial charge in [-0.1, -0.05) is 46.3 Å². The molecule has 2 aromatic carbocycles. The van der Waals surface area contributed by atoms with Crippen LogP contribution in [0.25, 0.3) is 5.69 Å². The first-order valence-corrected chi connectivity index (χ1v) is 11.2. The predicted octanol–water partition coefficient (Wildman–Crippen LogP) is 5.82. The van der Waals surface area contributed by atoms with Gasteiger partial charge in [0.1, 0.15) is 0 Å². The van der Waals surface area contributed by atoms with Crippen LogP contribution in [-0.4, -0.2) is 27.7 Å². The molecule has 0 aliphatic carbocycles. The van der Waals surface area contributed by atoms with Gasteiger partial charge in [-0.15, -0.1) is 5.10 Å². The molecule has 2 heterocycles. The molecule has 1 aliphatic heterocycles. The zero-order chi connectivity index (χ0) is 20.5. The minimum atomic E-state index is -0.386. The summed E-state index contributed by atoms with van der Waals surface area (Å²) in [7, 11) is 0. The lowest BCUT2D eigenvalue weighted by Gasteiger charge is -2.10. The molecule has 0 saturated heterocycles. The van der Waals surface area contributed by atoms with Gasteiger partial charge in [-0.05, 0) is 49.5 Å². The molecule has 1 N–H and O–H groups in total. The molecule has 0 bridgehead atoms. The van der Waals surface area contributed by atoms with Crippen LogP contribution in [0.2, 0.25) is 10.0 Å². The van der Waals surface area contributed by atoms with Crippen LogP contribution in [0.3, 0.4) is 0 Å². The standard InChI is InChI=1S/C18H13Cl2N3O3S3/c1-9(16(24)21-10-2-5-14-15(6-10)26-8-25-14)28-17-22-23(18(27)29-17)11-3-4-12(19)13(20)7-11/h2-7,9H,8H2,1H3,(H,21,24). The molecule has 0 fully saturated rings. The van der Waals surface area contributed by atoms with Crippen molar-refractivity contribution in [2.24, 2.45) is 0 Å². The summed E-state index contributed by atoms with van der Waals surface area (Å²) in [6, 6.07) is 10.4. The first-order chi connectivity index (χ1) is 13.9. The molecule has 150 valence electrons. The lowest BCUT2D eigenvalue weighted by molar-refractivity contribution is -0.115. The number of carbonyl (C=O) groups excluding carboxylic acids is 1. The Labute approximate surface area is 189 Å². The van der Waals surface area contributed by atoms with Gasteiger partial charge in [0.2, 0.25) is 12.7 Å². The fourth-order valence-electron chi connectivity index (χ4n) is 2.51. The molecule has 1 aromatic heterocycles. The van der Waals surface area contributed by atoms with Crippen molar-refractivity contribution in [3.8, 4) is 17.2 Å². The number of thioether (sulfide) groups is 1. The van der Waals surface area contributed by atoms with E-state index in [2.05, 4.69) is 10.4 Å². The Balaban J connectivity index is 1.45. The molecule has 0 spiro atoms. The first-order valence-electron chi connectivity index (χ1n) is 8.33. The van der Waals surface area contributed by atoms with E-state index in [-0.39, 0.29) is 18.0 Å². The van der Waals surface area contributed by atoms with Gasteiger partial charge in [0.15, 0.2) is 19.8 Å². The quantitative estimate of drug-likeness (QED) is 0.362. The van der Waals surface area contributed by atoms with Crippen molar-refractivity contribution in [1.82, 2.24) is 9.78 Å². The largest absolute Gasteiger partial charge is 0.454 e. The predicted molar refractivity (Wildman–Crippen MR) is 119 cm³/mol. The number of anilines is 1. The third kappa shape index (κ3) is 4.54. The summed E-state index contributed by atoms with van der Waals surface area (Å²) in [5, 5.41) is 7.87. The summed E-state index contributed by atoms with van der Waals surface area (Å²) in [4.78, 5) is 12.6. The monoisotopic (exact) mass is 485 g/mol. The van der Waals surface area contributed by atoms with Gasteiger partial charge in [-0.2, -0.15) is 0 Å². The highest BCUT2D eigenvalue weighted by molar-refractivity contribution is 8.02. The highest BCUT2D eigenvalue weighted by atomic mass is 35.5. The number of nitrogens with one attached hydrogen (secondary N) is 1. The molecule has 1 atom stereocenters. The number of ether oxygens (including phenoxy) is 2. The molecule has 0 radical (unpaired) electrons. The zero-order valence-electron chi connectivity index (χ0n) is 14.8. The van der Waals surface area contributed by atoms with Gasteiger partial charge < -0.3 is 14.8 Å². The average molecular weight is 486 g/mol. The second kappa shape index (κ2) is 8.53. The van der Waals surface area contributed by atoms with Crippen LogP contribution in [0.1, 0.15) is 6.92 Å². The Morgan fingerprint density at radius 2 is 2.03 bits per heavy atom. The topological polar surface area (TPSA) is 65.4 Å². The summed E-state index contributed by atoms with van der Waals surface area (Å²) >= 11 is 20.1. The number of hydrogen-bond donors (Lipinski definition) is 1. The van der Waals surface area contributed by atoms with Crippen LogP contribution in [0.4, 0.5) is 5.69 Å². The molecule has 3 aromatic rings. The molecular weight excluding hydrogens is 473 g/mol. The average Bonchev–Trinajstić information content (AvgIpc) is 3.29. The fraction of sp³-hybridized carbons (Fsp3) is 0.167. The Morgan fingerprint density at radius 1 is 1.24 bits per heavy atom. The molecule has 29 heavy (non-hydrogen) atoms. The van der Waals surface area contributed by atoms with Crippen molar-refractivity contribution in [3.05, 3.63) is 50.4 Å². The summed E-state index contributed by atoms with van der Waals surface area (Å²) in [6.07, 6.45) is 0. The number of hydrogen-bond acceptors (Lipinski definition) is 7. The van der Waals surface area contributed by atoms with E-state index in [0.717, 1.165) is 0 Å². The Morgan fingerprint density at radius 3 is 2.83 bits per heavy atom. The summed E-state index contributed by atoms with van der Waals surface area (Å²) < 4.78 is 13.4. The van der Waals surface area contributed by atoms with Gasteiger partial charge in [0.25, 0.3) is 0 Å².